The summed E-state index contributed by atoms with van der Waals surface area (Å²) in [7, 11) is 0. The van der Waals surface area contributed by atoms with Crippen molar-refractivity contribution in [2.75, 3.05) is 0 Å². The molecule has 0 spiro atoms. The number of carboxylic acid groups (broad SMARTS) is 1. The first kappa shape index (κ1) is 29.6. The number of hydrogen-bond acceptors (Lipinski definition) is 10. The zero-order chi connectivity index (χ0) is 23.6. The standard InChI is InChI=1S/C21H26O10.Na/c1-12(9-18(23)24)28-19(25)10-13(2)29-20(26)11-14(3)30-21(27)16-7-5-6-8-17(16)31-15(4)22;/h5-8,12-14H,9-11H2,1-4H3,(H,23,24);/q;+1/p-1. The van der Waals surface area contributed by atoms with Crippen LogP contribution in [0.1, 0.15) is 57.3 Å². The minimum absolute atomic E-state index is 0. The molecule has 0 N–H and O–H groups in total. The van der Waals surface area contributed by atoms with Gasteiger partial charge in [-0.2, -0.15) is 0 Å². The maximum atomic E-state index is 12.3. The molecule has 1 rings (SSSR count). The van der Waals surface area contributed by atoms with E-state index >= 15 is 0 Å². The second-order valence-electron chi connectivity index (χ2n) is 6.89. The Bertz CT molecular complexity index is 823. The third-order valence-corrected chi connectivity index (χ3v) is 3.70. The Labute approximate surface area is 207 Å². The largest absolute Gasteiger partial charge is 1.00 e. The number of aliphatic carboxylic acids is 1. The molecule has 1 aromatic carbocycles. The van der Waals surface area contributed by atoms with Crippen LogP contribution in [0.4, 0.5) is 0 Å². The number of carbonyl (C=O) groups excluding carboxylic acids is 5. The molecule has 0 amide bonds. The first-order chi connectivity index (χ1) is 14.5. The van der Waals surface area contributed by atoms with Gasteiger partial charge in [0, 0.05) is 19.3 Å². The van der Waals surface area contributed by atoms with E-state index in [1.807, 2.05) is 0 Å². The fourth-order valence-electron chi connectivity index (χ4n) is 2.50. The Hall–Kier alpha value is -2.43. The maximum absolute atomic E-state index is 12.3. The van der Waals surface area contributed by atoms with Crippen LogP contribution in [0.2, 0.25) is 0 Å². The predicted molar refractivity (Wildman–Crippen MR) is 103 cm³/mol. The molecule has 0 saturated heterocycles. The van der Waals surface area contributed by atoms with Crippen LogP contribution >= 0.6 is 0 Å². The summed E-state index contributed by atoms with van der Waals surface area (Å²) in [4.78, 5) is 57.7. The van der Waals surface area contributed by atoms with Gasteiger partial charge in [0.25, 0.3) is 0 Å². The molecule has 3 atom stereocenters. The summed E-state index contributed by atoms with van der Waals surface area (Å²) in [6.45, 7) is 5.55. The van der Waals surface area contributed by atoms with E-state index < -0.39 is 54.6 Å². The summed E-state index contributed by atoms with van der Waals surface area (Å²) in [6.07, 6.45) is -3.54. The van der Waals surface area contributed by atoms with Gasteiger partial charge < -0.3 is 28.8 Å². The van der Waals surface area contributed by atoms with Crippen molar-refractivity contribution in [1.82, 2.24) is 0 Å². The Balaban J connectivity index is 0.00000961. The molecule has 0 fully saturated rings. The Morgan fingerprint density at radius 1 is 0.812 bits per heavy atom. The first-order valence-corrected chi connectivity index (χ1v) is 9.55. The molecule has 10 nitrogen and oxygen atoms in total. The molecule has 11 heteroatoms. The van der Waals surface area contributed by atoms with E-state index in [0.29, 0.717) is 0 Å². The second-order valence-corrected chi connectivity index (χ2v) is 6.89. The number of ether oxygens (including phenoxy) is 4. The zero-order valence-electron chi connectivity index (χ0n) is 18.7. The third-order valence-electron chi connectivity index (χ3n) is 3.70. The monoisotopic (exact) mass is 460 g/mol. The number of esters is 4. The van der Waals surface area contributed by atoms with Gasteiger partial charge in [-0.1, -0.05) is 12.1 Å². The molecule has 0 heterocycles. The van der Waals surface area contributed by atoms with Crippen LogP contribution in [0, 0.1) is 0 Å². The van der Waals surface area contributed by atoms with Gasteiger partial charge in [0.05, 0.1) is 12.8 Å². The van der Waals surface area contributed by atoms with E-state index in [0.717, 1.165) is 0 Å². The summed E-state index contributed by atoms with van der Waals surface area (Å²) < 4.78 is 20.1. The smallest absolute Gasteiger partial charge is 0.550 e. The molecule has 0 saturated carbocycles. The van der Waals surface area contributed by atoms with Crippen molar-refractivity contribution in [2.45, 2.75) is 65.3 Å². The first-order valence-electron chi connectivity index (χ1n) is 9.55. The number of para-hydroxylation sites is 1. The summed E-state index contributed by atoms with van der Waals surface area (Å²) in [5.74, 6) is -4.13. The Morgan fingerprint density at radius 3 is 1.78 bits per heavy atom. The van der Waals surface area contributed by atoms with E-state index in [9.17, 15) is 29.1 Å². The van der Waals surface area contributed by atoms with Crippen LogP contribution in [0.3, 0.4) is 0 Å². The molecule has 0 aliphatic carbocycles. The average Bonchev–Trinajstić information content (AvgIpc) is 2.59. The summed E-state index contributed by atoms with van der Waals surface area (Å²) in [5, 5.41) is 10.5. The zero-order valence-corrected chi connectivity index (χ0v) is 20.7. The van der Waals surface area contributed by atoms with Crippen LogP contribution < -0.4 is 39.4 Å². The Morgan fingerprint density at radius 2 is 1.28 bits per heavy atom. The number of hydrogen-bond donors (Lipinski definition) is 0. The fraction of sp³-hybridized carbons (Fsp3) is 0.476. The molecule has 0 aliphatic rings. The molecule has 0 aromatic heterocycles. The van der Waals surface area contributed by atoms with Crippen LogP contribution in [-0.2, 0) is 33.4 Å². The van der Waals surface area contributed by atoms with E-state index in [-0.39, 0.29) is 53.7 Å². The van der Waals surface area contributed by atoms with Crippen molar-refractivity contribution in [3.8, 4) is 5.75 Å². The van der Waals surface area contributed by atoms with Crippen LogP contribution in [-0.4, -0.2) is 48.2 Å². The average molecular weight is 460 g/mol. The van der Waals surface area contributed by atoms with Crippen molar-refractivity contribution in [3.05, 3.63) is 29.8 Å². The van der Waals surface area contributed by atoms with Gasteiger partial charge in [0.2, 0.25) is 0 Å². The third kappa shape index (κ3) is 11.8. The summed E-state index contributed by atoms with van der Waals surface area (Å²) in [5.41, 5.74) is 0.0275. The van der Waals surface area contributed by atoms with Gasteiger partial charge in [-0.05, 0) is 32.9 Å². The molecule has 0 bridgehead atoms. The molecule has 32 heavy (non-hydrogen) atoms. The van der Waals surface area contributed by atoms with E-state index in [1.165, 1.54) is 39.8 Å². The van der Waals surface area contributed by atoms with Crippen molar-refractivity contribution in [2.24, 2.45) is 0 Å². The van der Waals surface area contributed by atoms with Crippen LogP contribution in [0.5, 0.6) is 5.75 Å². The molecular weight excluding hydrogens is 435 g/mol. The second kappa shape index (κ2) is 14.6. The number of benzene rings is 1. The molecule has 0 radical (unpaired) electrons. The number of carbonyl (C=O) groups is 5. The SMILES string of the molecule is CC(=O)Oc1ccccc1C(=O)OC(C)CC(=O)OC(C)CC(=O)OC(C)CC(=O)[O-].[Na+]. The van der Waals surface area contributed by atoms with Gasteiger partial charge in [0.1, 0.15) is 29.6 Å². The van der Waals surface area contributed by atoms with Crippen LogP contribution in [0.15, 0.2) is 24.3 Å². The summed E-state index contributed by atoms with van der Waals surface area (Å²) in [6, 6.07) is 6.00. The maximum Gasteiger partial charge on any atom is 1.00 e. The number of rotatable bonds is 11. The number of carboxylic acids is 1. The Kier molecular flexibility index (Phi) is 13.5. The van der Waals surface area contributed by atoms with Gasteiger partial charge >= 0.3 is 53.4 Å². The van der Waals surface area contributed by atoms with Crippen molar-refractivity contribution in [3.63, 3.8) is 0 Å². The van der Waals surface area contributed by atoms with E-state index in [2.05, 4.69) is 0 Å². The van der Waals surface area contributed by atoms with Gasteiger partial charge in [-0.3, -0.25) is 14.4 Å². The van der Waals surface area contributed by atoms with Crippen molar-refractivity contribution < 1.29 is 77.6 Å². The molecule has 0 aliphatic heterocycles. The fourth-order valence-corrected chi connectivity index (χ4v) is 2.50. The normalized spacial score (nSPS) is 12.9. The minimum Gasteiger partial charge on any atom is -0.550 e. The van der Waals surface area contributed by atoms with E-state index in [1.54, 1.807) is 12.1 Å². The topological polar surface area (TPSA) is 145 Å². The predicted octanol–water partition coefficient (Wildman–Crippen LogP) is -2.06. The van der Waals surface area contributed by atoms with Gasteiger partial charge in [0.15, 0.2) is 0 Å². The van der Waals surface area contributed by atoms with Crippen LogP contribution in [0.25, 0.3) is 0 Å². The van der Waals surface area contributed by atoms with Gasteiger partial charge in [-0.15, -0.1) is 0 Å². The molecule has 1 aromatic rings. The summed E-state index contributed by atoms with van der Waals surface area (Å²) >= 11 is 0. The van der Waals surface area contributed by atoms with Crippen molar-refractivity contribution in [1.29, 1.82) is 0 Å². The molecule has 3 unspecified atom stereocenters. The minimum atomic E-state index is -1.35. The van der Waals surface area contributed by atoms with Gasteiger partial charge in [-0.25, -0.2) is 4.79 Å². The molecular formula is C21H25NaO10. The van der Waals surface area contributed by atoms with E-state index in [4.69, 9.17) is 18.9 Å². The quantitative estimate of drug-likeness (QED) is 0.156. The van der Waals surface area contributed by atoms with Crippen molar-refractivity contribution >= 4 is 29.8 Å². The molecule has 170 valence electrons.